The van der Waals surface area contributed by atoms with Crippen molar-refractivity contribution in [2.24, 2.45) is 34.5 Å². The van der Waals surface area contributed by atoms with Gasteiger partial charge >= 0.3 is 0 Å². The van der Waals surface area contributed by atoms with E-state index in [1.165, 1.54) is 59.0 Å². The number of pyridine rings is 1. The Morgan fingerprint density at radius 2 is 1.49 bits per heavy atom. The molecule has 4 aromatic rings. The van der Waals surface area contributed by atoms with Crippen LogP contribution in [0.3, 0.4) is 0 Å². The first kappa shape index (κ1) is 45.2. The molecule has 3 nitrogen and oxygen atoms in total. The second kappa shape index (κ2) is 18.4. The van der Waals surface area contributed by atoms with Crippen molar-refractivity contribution in [1.82, 2.24) is 4.98 Å². The number of fused-ring (bicyclic) bond motifs is 3. The first-order chi connectivity index (χ1) is 25.5. The Hall–Kier alpha value is -2.46. The normalized spacial score (nSPS) is 22.2. The number of carbonyl (C=O) groups excluding carboxylic acids is 1. The van der Waals surface area contributed by atoms with Crippen molar-refractivity contribution in [3.63, 3.8) is 0 Å². The SMILES string of the molecule is CC(C)(C)c1cc(-c2nccc3c(C4C(S)CCC5C4C(C)(C)CCC5(C)C)cccc23)[c-]c2ccccc12.CCC(CC)C(=O)/C=C(\O)C(CC)CC.[Ir]. The van der Waals surface area contributed by atoms with Crippen LogP contribution in [0, 0.1) is 40.6 Å². The van der Waals surface area contributed by atoms with Gasteiger partial charge in [0.05, 0.1) is 5.76 Å². The fourth-order valence-corrected chi connectivity index (χ4v) is 10.5. The van der Waals surface area contributed by atoms with Gasteiger partial charge in [0.25, 0.3) is 0 Å². The van der Waals surface area contributed by atoms with Crippen molar-refractivity contribution in [3.05, 3.63) is 89.8 Å². The van der Waals surface area contributed by atoms with Crippen LogP contribution in [0.1, 0.15) is 145 Å². The number of rotatable bonds is 9. The molecule has 0 amide bonds. The summed E-state index contributed by atoms with van der Waals surface area (Å²) in [5, 5.41) is 15.1. The molecule has 6 rings (SSSR count). The largest absolute Gasteiger partial charge is 0.512 e. The van der Waals surface area contributed by atoms with Crippen LogP contribution in [-0.2, 0) is 30.3 Å². The second-order valence-corrected chi connectivity index (χ2v) is 19.4. The maximum atomic E-state index is 11.7. The van der Waals surface area contributed by atoms with E-state index in [4.69, 9.17) is 17.6 Å². The summed E-state index contributed by atoms with van der Waals surface area (Å²) in [6, 6.07) is 23.9. The molecular formula is C50H68IrNO2S-. The summed E-state index contributed by atoms with van der Waals surface area (Å²) in [7, 11) is 0. The maximum absolute atomic E-state index is 11.7. The molecule has 301 valence electrons. The standard InChI is InChI=1S/C37H44NS.C13H24O2.Ir/c1-35(2,3)30-22-24(21-23-11-8-9-12-25(23)30)34-28-14-10-13-27(26(28)17-20-38-34)32-31(39)16-15-29-33(32)37(6,7)19-18-36(29,4)5;1-5-10(6-2)12(14)9-13(15)11(7-3)8-4;/h8-14,17,20,22,29,31-33,39H,15-16,18-19H2,1-7H3;9-11,14H,5-8H2,1-4H3;/q-1;;/b;12-9-;. The Balaban J connectivity index is 0.000000360. The third-order valence-corrected chi connectivity index (χ3v) is 14.0. The molecule has 1 aromatic heterocycles. The van der Waals surface area contributed by atoms with Gasteiger partial charge in [0.1, 0.15) is 0 Å². The molecule has 1 heterocycles. The van der Waals surface area contributed by atoms with E-state index in [1.807, 2.05) is 33.9 Å². The van der Waals surface area contributed by atoms with Gasteiger partial charge in [0, 0.05) is 55.2 Å². The van der Waals surface area contributed by atoms with E-state index in [-0.39, 0.29) is 48.9 Å². The zero-order valence-corrected chi connectivity index (χ0v) is 38.8. The average Bonchev–Trinajstić information content (AvgIpc) is 3.13. The van der Waals surface area contributed by atoms with E-state index in [0.29, 0.717) is 27.9 Å². The number of benzene rings is 3. The summed E-state index contributed by atoms with van der Waals surface area (Å²) in [5.74, 6) is 2.34. The van der Waals surface area contributed by atoms with Crippen molar-refractivity contribution in [1.29, 1.82) is 0 Å². The van der Waals surface area contributed by atoms with Gasteiger partial charge in [-0.25, -0.2) is 0 Å². The summed E-state index contributed by atoms with van der Waals surface area (Å²) in [6.07, 6.45) is 12.0. The van der Waals surface area contributed by atoms with Crippen molar-refractivity contribution in [2.75, 3.05) is 0 Å². The molecule has 2 fully saturated rings. The summed E-state index contributed by atoms with van der Waals surface area (Å²) >= 11 is 5.30. The van der Waals surface area contributed by atoms with Gasteiger partial charge < -0.3 is 5.11 Å². The van der Waals surface area contributed by atoms with E-state index in [1.54, 1.807) is 0 Å². The predicted octanol–water partition coefficient (Wildman–Crippen LogP) is 14.3. The number of aromatic nitrogens is 1. The minimum atomic E-state index is 0. The quantitative estimate of drug-likeness (QED) is 0.0761. The summed E-state index contributed by atoms with van der Waals surface area (Å²) < 4.78 is 0. The summed E-state index contributed by atoms with van der Waals surface area (Å²) in [6.45, 7) is 25.0. The summed E-state index contributed by atoms with van der Waals surface area (Å²) in [5.41, 5.74) is 5.65. The van der Waals surface area contributed by atoms with Gasteiger partial charge in [-0.15, -0.1) is 29.1 Å². The molecule has 1 radical (unpaired) electrons. The Morgan fingerprint density at radius 1 is 0.873 bits per heavy atom. The monoisotopic (exact) mass is 939 g/mol. The summed E-state index contributed by atoms with van der Waals surface area (Å²) in [4.78, 5) is 16.7. The van der Waals surface area contributed by atoms with Crippen LogP contribution in [0.2, 0.25) is 0 Å². The van der Waals surface area contributed by atoms with Crippen LogP contribution in [-0.4, -0.2) is 21.1 Å². The molecule has 4 unspecified atom stereocenters. The maximum Gasteiger partial charge on any atom is 0.162 e. The zero-order valence-electron chi connectivity index (χ0n) is 35.6. The molecule has 0 bridgehead atoms. The zero-order chi connectivity index (χ0) is 39.6. The number of nitrogens with zero attached hydrogens (tertiary/aromatic N) is 1. The minimum absolute atomic E-state index is 0. The third-order valence-electron chi connectivity index (χ3n) is 13.4. The van der Waals surface area contributed by atoms with Crippen LogP contribution in [0.5, 0.6) is 0 Å². The first-order valence-corrected chi connectivity index (χ1v) is 21.5. The van der Waals surface area contributed by atoms with Crippen LogP contribution in [0.4, 0.5) is 0 Å². The van der Waals surface area contributed by atoms with Crippen LogP contribution in [0.25, 0.3) is 32.8 Å². The third kappa shape index (κ3) is 9.64. The molecule has 0 spiro atoms. The molecule has 4 atom stereocenters. The molecule has 5 heteroatoms. The van der Waals surface area contributed by atoms with E-state index in [9.17, 15) is 9.90 Å². The average molecular weight is 939 g/mol. The number of carbonyl (C=O) groups is 1. The van der Waals surface area contributed by atoms with Crippen LogP contribution in [0.15, 0.2) is 72.6 Å². The van der Waals surface area contributed by atoms with Crippen molar-refractivity contribution in [2.45, 2.75) is 144 Å². The minimum Gasteiger partial charge on any atom is -0.512 e. The molecule has 1 N–H and O–H groups in total. The van der Waals surface area contributed by atoms with Gasteiger partial charge in [0.15, 0.2) is 5.78 Å². The van der Waals surface area contributed by atoms with Gasteiger partial charge in [-0.05, 0) is 108 Å². The molecular weight excluding hydrogens is 871 g/mol. The van der Waals surface area contributed by atoms with Crippen LogP contribution < -0.4 is 0 Å². The predicted molar refractivity (Wildman–Crippen MR) is 235 cm³/mol. The van der Waals surface area contributed by atoms with Gasteiger partial charge in [-0.2, -0.15) is 12.6 Å². The number of hydrogen-bond acceptors (Lipinski definition) is 4. The van der Waals surface area contributed by atoms with Crippen molar-refractivity contribution >= 4 is 40.0 Å². The molecule has 2 aliphatic rings. The molecule has 0 saturated heterocycles. The van der Waals surface area contributed by atoms with E-state index >= 15 is 0 Å². The van der Waals surface area contributed by atoms with E-state index in [2.05, 4.69) is 109 Å². The number of hydrogen-bond donors (Lipinski definition) is 2. The number of thiol groups is 1. The number of ketones is 1. The van der Waals surface area contributed by atoms with E-state index < -0.39 is 0 Å². The molecule has 55 heavy (non-hydrogen) atoms. The Morgan fingerprint density at radius 3 is 2.13 bits per heavy atom. The molecule has 2 saturated carbocycles. The Kier molecular flexibility index (Phi) is 15.2. The number of allylic oxidation sites excluding steroid dienone is 2. The fourth-order valence-electron chi connectivity index (χ4n) is 10.00. The molecule has 2 aliphatic carbocycles. The van der Waals surface area contributed by atoms with Gasteiger partial charge in [-0.3, -0.25) is 9.78 Å². The first-order valence-electron chi connectivity index (χ1n) is 20.9. The number of aliphatic hydroxyl groups is 1. The topological polar surface area (TPSA) is 50.2 Å². The fraction of sp³-hybridized carbons (Fsp3) is 0.560. The van der Waals surface area contributed by atoms with Crippen LogP contribution >= 0.6 is 12.6 Å². The van der Waals surface area contributed by atoms with Gasteiger partial charge in [-0.1, -0.05) is 124 Å². The number of aliphatic hydroxyl groups excluding tert-OH is 1. The molecule has 0 aliphatic heterocycles. The second-order valence-electron chi connectivity index (χ2n) is 18.8. The Bertz CT molecular complexity index is 1950. The van der Waals surface area contributed by atoms with Gasteiger partial charge in [0.2, 0.25) is 0 Å². The smallest absolute Gasteiger partial charge is 0.162 e. The van der Waals surface area contributed by atoms with Crippen molar-refractivity contribution < 1.29 is 30.0 Å². The van der Waals surface area contributed by atoms with E-state index in [0.717, 1.165) is 48.2 Å². The molecule has 3 aromatic carbocycles. The van der Waals surface area contributed by atoms with Crippen molar-refractivity contribution in [3.8, 4) is 11.3 Å². The Labute approximate surface area is 352 Å².